The summed E-state index contributed by atoms with van der Waals surface area (Å²) in [5.41, 5.74) is 5.53. The molecule has 0 radical (unpaired) electrons. The number of carbonyl (C=O) groups excluding carboxylic acids is 1. The van der Waals surface area contributed by atoms with Crippen molar-refractivity contribution in [1.82, 2.24) is 5.32 Å². The number of nitrogens with two attached hydrogens (primary N) is 1. The largest absolute Gasteiger partial charge is 0.397 e. The van der Waals surface area contributed by atoms with Gasteiger partial charge in [-0.15, -0.1) is 0 Å². The van der Waals surface area contributed by atoms with Gasteiger partial charge in [0.2, 0.25) is 5.91 Å². The minimum Gasteiger partial charge on any atom is -0.354 e. The van der Waals surface area contributed by atoms with Crippen LogP contribution in [-0.4, -0.2) is 24.7 Å². The van der Waals surface area contributed by atoms with Crippen LogP contribution in [0.2, 0.25) is 0 Å². The predicted molar refractivity (Wildman–Crippen MR) is 46.5 cm³/mol. The van der Waals surface area contributed by atoms with Crippen molar-refractivity contribution in [3.8, 4) is 0 Å². The van der Waals surface area contributed by atoms with E-state index in [2.05, 4.69) is 5.32 Å². The molecule has 0 heterocycles. The van der Waals surface area contributed by atoms with E-state index < -0.39 is 18.5 Å². The Balaban J connectivity index is 3.75. The summed E-state index contributed by atoms with van der Waals surface area (Å²) in [7, 11) is 0. The second kappa shape index (κ2) is 5.19. The molecule has 84 valence electrons. The Morgan fingerprint density at radius 1 is 1.43 bits per heavy atom. The van der Waals surface area contributed by atoms with Crippen LogP contribution in [0.1, 0.15) is 20.3 Å². The Hall–Kier alpha value is -0.780. The summed E-state index contributed by atoms with van der Waals surface area (Å²) in [6.45, 7) is 3.74. The normalized spacial score (nSPS) is 14.2. The van der Waals surface area contributed by atoms with Gasteiger partial charge in [-0.25, -0.2) is 0 Å². The SMILES string of the molecule is CC(C)C(N)CNC(=O)CC(F)(F)F. The Morgan fingerprint density at radius 2 is 1.93 bits per heavy atom. The molecule has 1 atom stereocenters. The van der Waals surface area contributed by atoms with Crippen molar-refractivity contribution in [2.75, 3.05) is 6.54 Å². The minimum absolute atomic E-state index is 0.0760. The minimum atomic E-state index is -4.45. The van der Waals surface area contributed by atoms with Crippen molar-refractivity contribution in [2.45, 2.75) is 32.5 Å². The molecule has 0 fully saturated rings. The Kier molecular flexibility index (Phi) is 4.90. The van der Waals surface area contributed by atoms with E-state index in [9.17, 15) is 18.0 Å². The lowest BCUT2D eigenvalue weighted by Gasteiger charge is -2.16. The van der Waals surface area contributed by atoms with Gasteiger partial charge in [0, 0.05) is 12.6 Å². The smallest absolute Gasteiger partial charge is 0.354 e. The van der Waals surface area contributed by atoms with Gasteiger partial charge in [0.1, 0.15) is 6.42 Å². The number of alkyl halides is 3. The van der Waals surface area contributed by atoms with Crippen molar-refractivity contribution in [1.29, 1.82) is 0 Å². The molecular weight excluding hydrogens is 197 g/mol. The number of hydrogen-bond donors (Lipinski definition) is 2. The maximum Gasteiger partial charge on any atom is 0.397 e. The second-order valence-electron chi connectivity index (χ2n) is 3.50. The molecule has 0 saturated carbocycles. The molecule has 14 heavy (non-hydrogen) atoms. The fraction of sp³-hybridized carbons (Fsp3) is 0.875. The van der Waals surface area contributed by atoms with Crippen molar-refractivity contribution in [3.63, 3.8) is 0 Å². The molecule has 1 unspecified atom stereocenters. The molecule has 0 aliphatic rings. The van der Waals surface area contributed by atoms with Crippen LogP contribution in [0, 0.1) is 5.92 Å². The third-order valence-electron chi connectivity index (χ3n) is 1.75. The summed E-state index contributed by atoms with van der Waals surface area (Å²) >= 11 is 0. The van der Waals surface area contributed by atoms with Crippen LogP contribution in [0.3, 0.4) is 0 Å². The first-order valence-corrected chi connectivity index (χ1v) is 4.31. The molecule has 3 nitrogen and oxygen atoms in total. The Labute approximate surface area is 80.8 Å². The van der Waals surface area contributed by atoms with Gasteiger partial charge < -0.3 is 11.1 Å². The van der Waals surface area contributed by atoms with Gasteiger partial charge in [-0.2, -0.15) is 13.2 Å². The molecule has 0 aromatic rings. The van der Waals surface area contributed by atoms with Crippen LogP contribution in [0.25, 0.3) is 0 Å². The van der Waals surface area contributed by atoms with Crippen LogP contribution >= 0.6 is 0 Å². The number of halogens is 3. The number of carbonyl (C=O) groups is 1. The quantitative estimate of drug-likeness (QED) is 0.731. The lowest BCUT2D eigenvalue weighted by molar-refractivity contribution is -0.153. The highest BCUT2D eigenvalue weighted by Gasteiger charge is 2.31. The molecule has 1 amide bonds. The number of nitrogens with one attached hydrogen (secondary N) is 1. The van der Waals surface area contributed by atoms with E-state index >= 15 is 0 Å². The van der Waals surface area contributed by atoms with E-state index in [1.807, 2.05) is 13.8 Å². The summed E-state index contributed by atoms with van der Waals surface area (Å²) in [5.74, 6) is -0.908. The molecule has 0 rings (SSSR count). The van der Waals surface area contributed by atoms with Crippen LogP contribution in [0.5, 0.6) is 0 Å². The number of hydrogen-bond acceptors (Lipinski definition) is 2. The first kappa shape index (κ1) is 13.2. The third-order valence-corrected chi connectivity index (χ3v) is 1.75. The van der Waals surface area contributed by atoms with Crippen molar-refractivity contribution in [3.05, 3.63) is 0 Å². The van der Waals surface area contributed by atoms with Crippen LogP contribution in [0.15, 0.2) is 0 Å². The van der Waals surface area contributed by atoms with Crippen molar-refractivity contribution in [2.24, 2.45) is 11.7 Å². The molecule has 0 spiro atoms. The lowest BCUT2D eigenvalue weighted by Crippen LogP contribution is -2.41. The highest BCUT2D eigenvalue weighted by atomic mass is 19.4. The Morgan fingerprint density at radius 3 is 2.29 bits per heavy atom. The van der Waals surface area contributed by atoms with Crippen LogP contribution in [0.4, 0.5) is 13.2 Å². The van der Waals surface area contributed by atoms with E-state index in [-0.39, 0.29) is 18.5 Å². The molecule has 0 bridgehead atoms. The van der Waals surface area contributed by atoms with Gasteiger partial charge >= 0.3 is 6.18 Å². The fourth-order valence-corrected chi connectivity index (χ4v) is 0.712. The number of amides is 1. The van der Waals surface area contributed by atoms with E-state index in [4.69, 9.17) is 5.73 Å². The van der Waals surface area contributed by atoms with Crippen LogP contribution in [-0.2, 0) is 4.79 Å². The zero-order valence-corrected chi connectivity index (χ0v) is 8.19. The second-order valence-corrected chi connectivity index (χ2v) is 3.50. The lowest BCUT2D eigenvalue weighted by atomic mass is 10.1. The van der Waals surface area contributed by atoms with Crippen molar-refractivity contribution < 1.29 is 18.0 Å². The molecule has 0 aromatic heterocycles. The highest BCUT2D eigenvalue weighted by molar-refractivity contribution is 5.76. The standard InChI is InChI=1S/C8H15F3N2O/c1-5(2)6(12)4-13-7(14)3-8(9,10)11/h5-6H,3-4,12H2,1-2H3,(H,13,14). The van der Waals surface area contributed by atoms with Gasteiger partial charge in [0.15, 0.2) is 0 Å². The third kappa shape index (κ3) is 6.71. The average Bonchev–Trinajstić information content (AvgIpc) is 1.96. The molecule has 0 saturated heterocycles. The zero-order valence-electron chi connectivity index (χ0n) is 8.19. The van der Waals surface area contributed by atoms with E-state index in [1.165, 1.54) is 0 Å². The van der Waals surface area contributed by atoms with E-state index in [0.29, 0.717) is 0 Å². The average molecular weight is 212 g/mol. The van der Waals surface area contributed by atoms with Gasteiger partial charge in [-0.05, 0) is 5.92 Å². The molecule has 0 aliphatic carbocycles. The summed E-state index contributed by atoms with van der Waals surface area (Å²) in [6.07, 6.45) is -5.90. The predicted octanol–water partition coefficient (Wildman–Crippen LogP) is 1.04. The summed E-state index contributed by atoms with van der Waals surface area (Å²) in [4.78, 5) is 10.7. The zero-order chi connectivity index (χ0) is 11.4. The van der Waals surface area contributed by atoms with Gasteiger partial charge in [0.25, 0.3) is 0 Å². The van der Waals surface area contributed by atoms with Crippen LogP contribution < -0.4 is 11.1 Å². The molecular formula is C8H15F3N2O. The maximum atomic E-state index is 11.7. The van der Waals surface area contributed by atoms with Crippen molar-refractivity contribution >= 4 is 5.91 Å². The fourth-order valence-electron chi connectivity index (χ4n) is 0.712. The van der Waals surface area contributed by atoms with Gasteiger partial charge in [0.05, 0.1) is 0 Å². The Bertz CT molecular complexity index is 192. The highest BCUT2D eigenvalue weighted by Crippen LogP contribution is 2.18. The summed E-state index contributed by atoms with van der Waals surface area (Å²) < 4.78 is 35.1. The molecule has 0 aromatic carbocycles. The first-order valence-electron chi connectivity index (χ1n) is 4.31. The van der Waals surface area contributed by atoms with Gasteiger partial charge in [-0.1, -0.05) is 13.8 Å². The molecule has 6 heteroatoms. The monoisotopic (exact) mass is 212 g/mol. The first-order chi connectivity index (χ1) is 6.22. The maximum absolute atomic E-state index is 11.7. The number of rotatable bonds is 4. The van der Waals surface area contributed by atoms with E-state index in [0.717, 1.165) is 0 Å². The summed E-state index contributed by atoms with van der Waals surface area (Å²) in [6, 6.07) is -0.313. The van der Waals surface area contributed by atoms with E-state index in [1.54, 1.807) is 0 Å². The van der Waals surface area contributed by atoms with Gasteiger partial charge in [-0.3, -0.25) is 4.79 Å². The topological polar surface area (TPSA) is 55.1 Å². The molecule has 3 N–H and O–H groups in total. The molecule has 0 aliphatic heterocycles. The summed E-state index contributed by atoms with van der Waals surface area (Å²) in [5, 5.41) is 2.14.